The van der Waals surface area contributed by atoms with E-state index in [1.807, 2.05) is 0 Å². The van der Waals surface area contributed by atoms with Gasteiger partial charge in [0.1, 0.15) is 0 Å². The van der Waals surface area contributed by atoms with Gasteiger partial charge < -0.3 is 0 Å². The Bertz CT molecular complexity index is 2420. The fourth-order valence-corrected chi connectivity index (χ4v) is 7.75. The minimum Gasteiger partial charge on any atom is -0.0616 e. The largest absolute Gasteiger partial charge is 0.0616 e. The van der Waals surface area contributed by atoms with Gasteiger partial charge in [-0.3, -0.25) is 0 Å². The van der Waals surface area contributed by atoms with Gasteiger partial charge in [-0.05, 0) is 131 Å². The number of hydrogen-bond donors (Lipinski definition) is 0. The lowest BCUT2D eigenvalue weighted by atomic mass is 9.73. The Kier molecular flexibility index (Phi) is 6.10. The van der Waals surface area contributed by atoms with Crippen LogP contribution < -0.4 is 0 Å². The third-order valence-corrected chi connectivity index (χ3v) is 10.2. The zero-order valence-electron chi connectivity index (χ0n) is 25.6. The average molecular weight is 575 g/mol. The van der Waals surface area contributed by atoms with Gasteiger partial charge in [0, 0.05) is 0 Å². The quantitative estimate of drug-likeness (QED) is 0.183. The molecule has 0 spiro atoms. The van der Waals surface area contributed by atoms with E-state index < -0.39 is 0 Å². The molecule has 0 aromatic heterocycles. The molecule has 0 nitrogen and oxygen atoms in total. The number of rotatable bonds is 4. The van der Waals surface area contributed by atoms with Crippen molar-refractivity contribution in [1.82, 2.24) is 0 Å². The first kappa shape index (κ1) is 26.2. The Morgan fingerprint density at radius 1 is 0.422 bits per heavy atom. The van der Waals surface area contributed by atoms with Gasteiger partial charge in [-0.2, -0.15) is 0 Å². The topological polar surface area (TPSA) is 0 Å². The number of aryl methyl sites for hydroxylation is 1. The molecule has 8 aromatic carbocycles. The molecule has 214 valence electrons. The van der Waals surface area contributed by atoms with Gasteiger partial charge in [0.25, 0.3) is 0 Å². The van der Waals surface area contributed by atoms with Crippen LogP contribution in [0.2, 0.25) is 0 Å². The van der Waals surface area contributed by atoms with Crippen LogP contribution in [0.15, 0.2) is 146 Å². The van der Waals surface area contributed by atoms with Gasteiger partial charge in [-0.15, -0.1) is 0 Å². The fourth-order valence-electron chi connectivity index (χ4n) is 7.75. The van der Waals surface area contributed by atoms with Crippen molar-refractivity contribution in [2.24, 2.45) is 0 Å². The molecule has 0 saturated heterocycles. The Morgan fingerprint density at radius 2 is 0.978 bits per heavy atom. The van der Waals surface area contributed by atoms with Crippen LogP contribution in [-0.4, -0.2) is 0 Å². The molecule has 0 atom stereocenters. The van der Waals surface area contributed by atoms with Gasteiger partial charge in [0.15, 0.2) is 0 Å². The molecule has 1 aliphatic carbocycles. The van der Waals surface area contributed by atoms with Crippen LogP contribution in [0, 0.1) is 6.92 Å². The van der Waals surface area contributed by atoms with Gasteiger partial charge in [-0.25, -0.2) is 0 Å². The molecule has 1 aliphatic rings. The van der Waals surface area contributed by atoms with E-state index in [9.17, 15) is 0 Å². The minimum atomic E-state index is 0.596. The normalized spacial score (nSPS) is 13.5. The summed E-state index contributed by atoms with van der Waals surface area (Å²) in [7, 11) is 0. The maximum absolute atomic E-state index is 2.41. The Labute approximate surface area is 264 Å². The van der Waals surface area contributed by atoms with E-state index in [-0.39, 0.29) is 0 Å². The van der Waals surface area contributed by atoms with E-state index in [2.05, 4.69) is 153 Å². The molecule has 45 heavy (non-hydrogen) atoms. The maximum Gasteiger partial charge on any atom is -0.00696 e. The van der Waals surface area contributed by atoms with Crippen LogP contribution in [0.4, 0.5) is 0 Å². The lowest BCUT2D eigenvalue weighted by molar-refractivity contribution is 0.421. The first-order valence-electron chi connectivity index (χ1n) is 16.3. The molecule has 0 amide bonds. The highest BCUT2D eigenvalue weighted by atomic mass is 14.3. The second-order valence-electron chi connectivity index (χ2n) is 12.9. The fraction of sp³-hybridized carbons (Fsp3) is 0.111. The summed E-state index contributed by atoms with van der Waals surface area (Å²) in [6.45, 7) is 2.28. The molecule has 1 fully saturated rings. The summed E-state index contributed by atoms with van der Waals surface area (Å²) in [6, 6.07) is 54.4. The highest BCUT2D eigenvalue weighted by Crippen LogP contribution is 2.48. The molecule has 1 saturated carbocycles. The first-order chi connectivity index (χ1) is 22.2. The summed E-state index contributed by atoms with van der Waals surface area (Å²) in [6.07, 6.45) is 3.84. The Morgan fingerprint density at radius 3 is 1.73 bits per heavy atom. The van der Waals surface area contributed by atoms with Crippen molar-refractivity contribution >= 4 is 43.1 Å². The van der Waals surface area contributed by atoms with E-state index in [1.54, 1.807) is 0 Å². The molecule has 8 aromatic rings. The molecule has 0 N–H and O–H groups in total. The molecular weight excluding hydrogens is 540 g/mol. The van der Waals surface area contributed by atoms with E-state index >= 15 is 0 Å². The smallest absolute Gasteiger partial charge is 0.00696 e. The SMILES string of the molecule is Cc1cc2ccccc2c2cccc(-c3cccc(-c4ccc5cc(-c6ccc7ccccc7c6)ccc5c4)c3C3CCC3)c12. The Balaban J connectivity index is 1.18. The molecule has 0 bridgehead atoms. The van der Waals surface area contributed by atoms with E-state index in [4.69, 9.17) is 0 Å². The minimum absolute atomic E-state index is 0.596. The lowest BCUT2D eigenvalue weighted by Crippen LogP contribution is -2.11. The standard InChI is InChI=1S/C45H34/c1-29-25-37-11-4-5-14-39(37)41-16-8-17-42(44(29)41)43-18-7-15-40(45(43)31-12-6-13-31)38-24-23-35-27-34(21-22-36(35)28-38)33-20-19-30-9-2-3-10-32(30)26-33/h2-5,7-11,14-28,31H,6,12-13H2,1H3. The highest BCUT2D eigenvalue weighted by molar-refractivity contribution is 6.14. The third-order valence-electron chi connectivity index (χ3n) is 10.2. The molecular formula is C45H34. The van der Waals surface area contributed by atoms with Crippen molar-refractivity contribution in [2.45, 2.75) is 32.1 Å². The number of hydrogen-bond acceptors (Lipinski definition) is 0. The second-order valence-corrected chi connectivity index (χ2v) is 12.9. The monoisotopic (exact) mass is 574 g/mol. The van der Waals surface area contributed by atoms with E-state index in [1.165, 1.54) is 107 Å². The first-order valence-corrected chi connectivity index (χ1v) is 16.3. The number of fused-ring (bicyclic) bond motifs is 5. The molecule has 0 radical (unpaired) electrons. The average Bonchev–Trinajstić information content (AvgIpc) is 3.07. The second kappa shape index (κ2) is 10.5. The van der Waals surface area contributed by atoms with Gasteiger partial charge in [0.2, 0.25) is 0 Å². The summed E-state index contributed by atoms with van der Waals surface area (Å²) in [5, 5.41) is 10.5. The predicted molar refractivity (Wildman–Crippen MR) is 194 cm³/mol. The van der Waals surface area contributed by atoms with Crippen LogP contribution in [0.25, 0.3) is 76.5 Å². The summed E-state index contributed by atoms with van der Waals surface area (Å²) in [4.78, 5) is 0. The molecule has 9 rings (SSSR count). The van der Waals surface area contributed by atoms with Crippen molar-refractivity contribution in [2.75, 3.05) is 0 Å². The van der Waals surface area contributed by atoms with Crippen molar-refractivity contribution in [1.29, 1.82) is 0 Å². The zero-order chi connectivity index (χ0) is 29.9. The third kappa shape index (κ3) is 4.36. The molecule has 0 heterocycles. The van der Waals surface area contributed by atoms with Crippen molar-refractivity contribution < 1.29 is 0 Å². The van der Waals surface area contributed by atoms with Crippen LogP contribution in [0.5, 0.6) is 0 Å². The summed E-state index contributed by atoms with van der Waals surface area (Å²) in [5.41, 5.74) is 10.8. The van der Waals surface area contributed by atoms with Crippen molar-refractivity contribution in [3.8, 4) is 33.4 Å². The molecule has 0 unspecified atom stereocenters. The van der Waals surface area contributed by atoms with Crippen molar-refractivity contribution in [3.63, 3.8) is 0 Å². The predicted octanol–water partition coefficient (Wildman–Crippen LogP) is 12.9. The van der Waals surface area contributed by atoms with Gasteiger partial charge >= 0.3 is 0 Å². The van der Waals surface area contributed by atoms with Crippen LogP contribution in [0.3, 0.4) is 0 Å². The maximum atomic E-state index is 2.41. The Hall–Kier alpha value is -5.20. The van der Waals surface area contributed by atoms with Crippen molar-refractivity contribution in [3.05, 3.63) is 157 Å². The van der Waals surface area contributed by atoms with Crippen LogP contribution >= 0.6 is 0 Å². The summed E-state index contributed by atoms with van der Waals surface area (Å²) in [5.74, 6) is 0.596. The molecule has 0 aliphatic heterocycles. The van der Waals surface area contributed by atoms with Crippen LogP contribution in [-0.2, 0) is 0 Å². The van der Waals surface area contributed by atoms with Gasteiger partial charge in [-0.1, -0.05) is 134 Å². The summed E-state index contributed by atoms with van der Waals surface area (Å²) < 4.78 is 0. The van der Waals surface area contributed by atoms with Gasteiger partial charge in [0.05, 0.1) is 0 Å². The van der Waals surface area contributed by atoms with Crippen LogP contribution in [0.1, 0.15) is 36.3 Å². The lowest BCUT2D eigenvalue weighted by Gasteiger charge is -2.31. The number of benzene rings is 8. The molecule has 0 heteroatoms. The highest BCUT2D eigenvalue weighted by Gasteiger charge is 2.27. The van der Waals surface area contributed by atoms with E-state index in [0.717, 1.165) is 0 Å². The summed E-state index contributed by atoms with van der Waals surface area (Å²) >= 11 is 0. The zero-order valence-corrected chi connectivity index (χ0v) is 25.6. The van der Waals surface area contributed by atoms with E-state index in [0.29, 0.717) is 5.92 Å².